The average Bonchev–Trinajstić information content (AvgIpc) is 2.66. The van der Waals surface area contributed by atoms with Crippen LogP contribution in [0.25, 0.3) is 0 Å². The molecular weight excluding hydrogens is 372 g/mol. The number of benzene rings is 2. The maximum Gasteiger partial charge on any atom is 0.408 e. The van der Waals surface area contributed by atoms with Gasteiger partial charge in [0.25, 0.3) is 5.69 Å². The molecule has 0 unspecified atom stereocenters. The van der Waals surface area contributed by atoms with Gasteiger partial charge < -0.3 is 20.3 Å². The van der Waals surface area contributed by atoms with E-state index in [9.17, 15) is 29.6 Å². The molecule has 2 aromatic carbocycles. The summed E-state index contributed by atoms with van der Waals surface area (Å²) in [6, 6.07) is 12.8. The van der Waals surface area contributed by atoms with Crippen molar-refractivity contribution in [1.29, 1.82) is 0 Å². The number of alkyl carbamates (subject to hydrolysis) is 1. The van der Waals surface area contributed by atoms with Gasteiger partial charge in [-0.1, -0.05) is 30.3 Å². The molecule has 0 aliphatic rings. The lowest BCUT2D eigenvalue weighted by Crippen LogP contribution is -2.53. The summed E-state index contributed by atoms with van der Waals surface area (Å²) in [4.78, 5) is 45.4. The van der Waals surface area contributed by atoms with Gasteiger partial charge in [-0.05, 0) is 23.3 Å². The van der Waals surface area contributed by atoms with E-state index in [1.807, 2.05) is 0 Å². The Balaban J connectivity index is 2.29. The molecule has 146 valence electrons. The van der Waals surface area contributed by atoms with E-state index in [-0.39, 0.29) is 17.9 Å². The van der Waals surface area contributed by atoms with E-state index < -0.39 is 34.9 Å². The molecule has 2 rings (SSSR count). The Morgan fingerprint density at radius 2 is 1.64 bits per heavy atom. The molecule has 0 fully saturated rings. The molecule has 1 amide bonds. The van der Waals surface area contributed by atoms with Crippen LogP contribution in [0.5, 0.6) is 0 Å². The summed E-state index contributed by atoms with van der Waals surface area (Å²) < 4.78 is 4.98. The Morgan fingerprint density at radius 1 is 1.04 bits per heavy atom. The third-order valence-electron chi connectivity index (χ3n) is 3.88. The van der Waals surface area contributed by atoms with E-state index in [4.69, 9.17) is 9.84 Å². The van der Waals surface area contributed by atoms with Crippen molar-refractivity contribution >= 4 is 23.7 Å². The summed E-state index contributed by atoms with van der Waals surface area (Å²) in [7, 11) is 0. The second-order valence-corrected chi connectivity index (χ2v) is 5.77. The van der Waals surface area contributed by atoms with Crippen LogP contribution in [0.1, 0.15) is 17.5 Å². The third kappa shape index (κ3) is 4.81. The number of aliphatic carboxylic acids is 2. The summed E-state index contributed by atoms with van der Waals surface area (Å²) >= 11 is 0. The number of hydrogen-bond donors (Lipinski definition) is 3. The smallest absolute Gasteiger partial charge is 0.408 e. The summed E-state index contributed by atoms with van der Waals surface area (Å²) in [6.07, 6.45) is -2.15. The van der Waals surface area contributed by atoms with Crippen LogP contribution in [-0.2, 0) is 26.5 Å². The number of hydrogen-bond acceptors (Lipinski definition) is 6. The number of non-ortho nitro benzene ring substituents is 1. The van der Waals surface area contributed by atoms with Crippen molar-refractivity contribution in [2.24, 2.45) is 0 Å². The number of rotatable bonds is 8. The van der Waals surface area contributed by atoms with E-state index >= 15 is 0 Å². The van der Waals surface area contributed by atoms with Crippen LogP contribution in [0.15, 0.2) is 54.6 Å². The molecule has 0 saturated heterocycles. The van der Waals surface area contributed by atoms with Crippen LogP contribution >= 0.6 is 0 Å². The first-order valence-electron chi connectivity index (χ1n) is 7.93. The van der Waals surface area contributed by atoms with Gasteiger partial charge in [0.15, 0.2) is 5.54 Å². The summed E-state index contributed by atoms with van der Waals surface area (Å²) in [6.45, 7) is -0.157. The Labute approximate surface area is 158 Å². The van der Waals surface area contributed by atoms with Gasteiger partial charge in [0.1, 0.15) is 6.61 Å². The minimum atomic E-state index is -2.37. The molecule has 1 atom stereocenters. The zero-order valence-electron chi connectivity index (χ0n) is 14.4. The summed E-state index contributed by atoms with van der Waals surface area (Å²) in [5.74, 6) is -3.15. The molecule has 0 aromatic heterocycles. The molecule has 0 bridgehead atoms. The fourth-order valence-corrected chi connectivity index (χ4v) is 2.50. The van der Waals surface area contributed by atoms with E-state index in [1.165, 1.54) is 0 Å². The standard InChI is InChI=1S/C18H16N2O8/c21-15(22)10-18(16(23)24,13-6-8-14(9-7-13)20(26)27)19-17(25)28-11-12-4-2-1-3-5-12/h1-9H,10-11H2,(H,19,25)(H,21,22)(H,23,24)/t18-/m1/s1. The van der Waals surface area contributed by atoms with Crippen LogP contribution in [-0.4, -0.2) is 33.2 Å². The van der Waals surface area contributed by atoms with E-state index in [0.717, 1.165) is 24.3 Å². The molecule has 0 heterocycles. The zero-order chi connectivity index (χ0) is 20.7. The quantitative estimate of drug-likeness (QED) is 0.459. The molecule has 0 saturated carbocycles. The van der Waals surface area contributed by atoms with Gasteiger partial charge in [-0.2, -0.15) is 0 Å². The molecule has 3 N–H and O–H groups in total. The highest BCUT2D eigenvalue weighted by molar-refractivity contribution is 5.90. The number of carbonyl (C=O) groups excluding carboxylic acids is 1. The first-order chi connectivity index (χ1) is 13.2. The van der Waals surface area contributed by atoms with Crippen molar-refractivity contribution < 1.29 is 34.3 Å². The predicted octanol–water partition coefficient (Wildman–Crippen LogP) is 2.28. The molecular formula is C18H16N2O8. The summed E-state index contributed by atoms with van der Waals surface area (Å²) in [5, 5.41) is 31.7. The topological polar surface area (TPSA) is 156 Å². The monoisotopic (exact) mass is 388 g/mol. The Bertz CT molecular complexity index is 882. The van der Waals surface area contributed by atoms with E-state index in [2.05, 4.69) is 5.32 Å². The van der Waals surface area contributed by atoms with Crippen molar-refractivity contribution in [2.45, 2.75) is 18.6 Å². The Hall–Kier alpha value is -3.95. The van der Waals surface area contributed by atoms with Gasteiger partial charge in [0.05, 0.1) is 11.3 Å². The van der Waals surface area contributed by atoms with Crippen LogP contribution in [0.4, 0.5) is 10.5 Å². The number of carboxylic acid groups (broad SMARTS) is 2. The number of ether oxygens (including phenoxy) is 1. The van der Waals surface area contributed by atoms with Crippen LogP contribution in [0, 0.1) is 10.1 Å². The van der Waals surface area contributed by atoms with E-state index in [0.29, 0.717) is 5.56 Å². The number of nitrogens with one attached hydrogen (secondary N) is 1. The zero-order valence-corrected chi connectivity index (χ0v) is 14.4. The van der Waals surface area contributed by atoms with Crippen molar-refractivity contribution in [3.8, 4) is 0 Å². The normalized spacial score (nSPS) is 12.4. The number of nitro groups is 1. The van der Waals surface area contributed by atoms with Crippen LogP contribution in [0.2, 0.25) is 0 Å². The Kier molecular flexibility index (Phi) is 6.27. The second-order valence-electron chi connectivity index (χ2n) is 5.77. The minimum Gasteiger partial charge on any atom is -0.481 e. The number of amides is 1. The first kappa shape index (κ1) is 20.4. The van der Waals surface area contributed by atoms with Crippen LogP contribution in [0.3, 0.4) is 0 Å². The number of carbonyl (C=O) groups is 3. The molecule has 0 aliphatic heterocycles. The molecule has 0 aliphatic carbocycles. The summed E-state index contributed by atoms with van der Waals surface area (Å²) in [5.41, 5.74) is -2.18. The van der Waals surface area contributed by atoms with Gasteiger partial charge >= 0.3 is 18.0 Å². The van der Waals surface area contributed by atoms with Crippen molar-refractivity contribution in [2.75, 3.05) is 0 Å². The fraction of sp³-hybridized carbons (Fsp3) is 0.167. The third-order valence-corrected chi connectivity index (χ3v) is 3.88. The van der Waals surface area contributed by atoms with Crippen LogP contribution < -0.4 is 5.32 Å². The molecule has 0 radical (unpaired) electrons. The predicted molar refractivity (Wildman–Crippen MR) is 94.4 cm³/mol. The first-order valence-corrected chi connectivity index (χ1v) is 7.93. The molecule has 10 heteroatoms. The number of nitro benzene ring substituents is 1. The maximum absolute atomic E-state index is 12.2. The Morgan fingerprint density at radius 3 is 2.14 bits per heavy atom. The average molecular weight is 388 g/mol. The lowest BCUT2D eigenvalue weighted by Gasteiger charge is -2.29. The molecule has 10 nitrogen and oxygen atoms in total. The molecule has 0 spiro atoms. The maximum atomic E-state index is 12.2. The molecule has 28 heavy (non-hydrogen) atoms. The highest BCUT2D eigenvalue weighted by atomic mass is 16.6. The van der Waals surface area contributed by atoms with Crippen molar-refractivity contribution in [1.82, 2.24) is 5.32 Å². The van der Waals surface area contributed by atoms with Crippen molar-refractivity contribution in [3.63, 3.8) is 0 Å². The second kappa shape index (κ2) is 8.62. The lowest BCUT2D eigenvalue weighted by atomic mass is 9.86. The highest BCUT2D eigenvalue weighted by Gasteiger charge is 2.45. The van der Waals surface area contributed by atoms with Gasteiger partial charge in [0, 0.05) is 12.1 Å². The minimum absolute atomic E-state index is 0.148. The highest BCUT2D eigenvalue weighted by Crippen LogP contribution is 2.28. The number of nitrogens with zero attached hydrogens (tertiary/aromatic N) is 1. The lowest BCUT2D eigenvalue weighted by molar-refractivity contribution is -0.384. The molecule has 2 aromatic rings. The SMILES string of the molecule is O=C(O)C[C@](NC(=O)OCc1ccccc1)(C(=O)O)c1ccc([N+](=O)[O-])cc1. The van der Waals surface area contributed by atoms with Gasteiger partial charge in [-0.3, -0.25) is 14.9 Å². The number of carboxylic acids is 2. The van der Waals surface area contributed by atoms with E-state index in [1.54, 1.807) is 30.3 Å². The van der Waals surface area contributed by atoms with Gasteiger partial charge in [-0.25, -0.2) is 9.59 Å². The van der Waals surface area contributed by atoms with Gasteiger partial charge in [0.2, 0.25) is 0 Å². The van der Waals surface area contributed by atoms with Crippen molar-refractivity contribution in [3.05, 3.63) is 75.8 Å². The fourth-order valence-electron chi connectivity index (χ4n) is 2.50. The van der Waals surface area contributed by atoms with Gasteiger partial charge in [-0.15, -0.1) is 0 Å². The largest absolute Gasteiger partial charge is 0.481 e.